The lowest BCUT2D eigenvalue weighted by Crippen LogP contribution is -2.48. The van der Waals surface area contributed by atoms with Crippen molar-refractivity contribution in [2.75, 3.05) is 50.7 Å². The molecule has 10 nitrogen and oxygen atoms in total. The van der Waals surface area contributed by atoms with E-state index < -0.39 is 4.92 Å². The van der Waals surface area contributed by atoms with E-state index in [9.17, 15) is 14.9 Å². The van der Waals surface area contributed by atoms with Crippen LogP contribution < -0.4 is 19.1 Å². The Balaban J connectivity index is 0.999. The Morgan fingerprint density at radius 1 is 0.930 bits per heavy atom. The van der Waals surface area contributed by atoms with Crippen LogP contribution in [0.15, 0.2) is 85.6 Å². The molecule has 0 saturated carbocycles. The summed E-state index contributed by atoms with van der Waals surface area (Å²) in [6.45, 7) is 9.72. The van der Waals surface area contributed by atoms with Crippen LogP contribution in [0.5, 0.6) is 17.2 Å². The van der Waals surface area contributed by atoms with Gasteiger partial charge in [0.2, 0.25) is 11.7 Å². The van der Waals surface area contributed by atoms with Gasteiger partial charge in [0, 0.05) is 82.9 Å². The highest BCUT2D eigenvalue weighted by atomic mass is 16.6. The summed E-state index contributed by atoms with van der Waals surface area (Å²) < 4.78 is 17.1. The highest BCUT2D eigenvalue weighted by Crippen LogP contribution is 2.32. The van der Waals surface area contributed by atoms with Gasteiger partial charge in [0.15, 0.2) is 0 Å². The molecule has 0 aliphatic carbocycles. The number of carbonyl (C=O) groups excluding carboxylic acids is 1. The van der Waals surface area contributed by atoms with Gasteiger partial charge in [0.05, 0.1) is 11.2 Å². The summed E-state index contributed by atoms with van der Waals surface area (Å²) in [5, 5.41) is 11.2. The molecule has 2 saturated heterocycles. The Hall–Kier alpha value is -4.57. The molecule has 10 heteroatoms. The van der Waals surface area contributed by atoms with E-state index in [1.165, 1.54) is 17.8 Å². The number of likely N-dealkylation sites (tertiary alicyclic amines) is 1. The van der Waals surface area contributed by atoms with Crippen molar-refractivity contribution in [3.8, 4) is 17.2 Å². The minimum atomic E-state index is -0.505. The van der Waals surface area contributed by atoms with E-state index in [1.807, 2.05) is 35.2 Å². The lowest BCUT2D eigenvalue weighted by Gasteiger charge is -2.37. The minimum absolute atomic E-state index is 0.0698. The molecule has 0 N–H and O–H groups in total. The van der Waals surface area contributed by atoms with Gasteiger partial charge >= 0.3 is 5.69 Å². The summed E-state index contributed by atoms with van der Waals surface area (Å²) in [5.74, 6) is 1.62. The number of nitro benzene ring substituents is 1. The molecule has 0 radical (unpaired) electrons. The predicted molar refractivity (Wildman–Crippen MR) is 165 cm³/mol. The van der Waals surface area contributed by atoms with Crippen molar-refractivity contribution in [2.45, 2.75) is 32.0 Å². The van der Waals surface area contributed by atoms with Crippen molar-refractivity contribution in [1.29, 1.82) is 0 Å². The van der Waals surface area contributed by atoms with E-state index in [0.29, 0.717) is 44.7 Å². The second kappa shape index (κ2) is 14.6. The molecule has 0 unspecified atom stereocenters. The van der Waals surface area contributed by atoms with E-state index in [0.717, 1.165) is 50.3 Å². The fourth-order valence-corrected chi connectivity index (χ4v) is 5.45. The van der Waals surface area contributed by atoms with Gasteiger partial charge in [-0.15, -0.1) is 0 Å². The number of benzene rings is 3. The Bertz CT molecular complexity index is 1370. The molecule has 3 aromatic rings. The van der Waals surface area contributed by atoms with Crippen LogP contribution in [-0.2, 0) is 11.4 Å². The van der Waals surface area contributed by atoms with Crippen molar-refractivity contribution in [3.63, 3.8) is 0 Å². The topological polar surface area (TPSA) is 97.6 Å². The molecule has 2 fully saturated rings. The lowest BCUT2D eigenvalue weighted by atomic mass is 10.1. The Morgan fingerprint density at radius 3 is 2.30 bits per heavy atom. The van der Waals surface area contributed by atoms with Crippen molar-refractivity contribution in [2.24, 2.45) is 0 Å². The first kappa shape index (κ1) is 29.9. The van der Waals surface area contributed by atoms with Crippen molar-refractivity contribution >= 4 is 17.3 Å². The SMILES string of the molecule is C=COc1cc(OC2CCN(C(=O)CCN3CCN(c4ccc(OCc5ccccc5)cc4)CC3)CC2)ccc1[N+](=O)[O-]. The highest BCUT2D eigenvalue weighted by Gasteiger charge is 2.26. The molecular formula is C33H38N4O6. The number of rotatable bonds is 12. The third kappa shape index (κ3) is 8.26. The lowest BCUT2D eigenvalue weighted by molar-refractivity contribution is -0.385. The van der Waals surface area contributed by atoms with Gasteiger partial charge in [-0.25, -0.2) is 0 Å². The first-order valence-electron chi connectivity index (χ1n) is 14.7. The summed E-state index contributed by atoms with van der Waals surface area (Å²) >= 11 is 0. The highest BCUT2D eigenvalue weighted by molar-refractivity contribution is 5.76. The first-order valence-corrected chi connectivity index (χ1v) is 14.7. The number of hydrogen-bond acceptors (Lipinski definition) is 8. The molecule has 43 heavy (non-hydrogen) atoms. The third-order valence-electron chi connectivity index (χ3n) is 7.90. The van der Waals surface area contributed by atoms with Crippen molar-refractivity contribution < 1.29 is 23.9 Å². The number of nitrogens with zero attached hydrogens (tertiary/aromatic N) is 4. The molecule has 5 rings (SSSR count). The fourth-order valence-electron chi connectivity index (χ4n) is 5.45. The van der Waals surface area contributed by atoms with Gasteiger partial charge < -0.3 is 24.0 Å². The van der Waals surface area contributed by atoms with E-state index in [1.54, 1.807) is 6.07 Å². The van der Waals surface area contributed by atoms with Gasteiger partial charge in [-0.2, -0.15) is 0 Å². The summed E-state index contributed by atoms with van der Waals surface area (Å²) in [5.41, 5.74) is 2.19. The summed E-state index contributed by atoms with van der Waals surface area (Å²) in [4.78, 5) is 30.3. The van der Waals surface area contributed by atoms with Crippen molar-refractivity contribution in [3.05, 3.63) is 101 Å². The molecule has 1 amide bonds. The van der Waals surface area contributed by atoms with Crippen LogP contribution in [0.1, 0.15) is 24.8 Å². The maximum absolute atomic E-state index is 12.9. The number of piperazine rings is 1. The molecule has 3 aromatic carbocycles. The first-order chi connectivity index (χ1) is 21.0. The molecular weight excluding hydrogens is 548 g/mol. The van der Waals surface area contributed by atoms with Gasteiger partial charge in [-0.1, -0.05) is 36.9 Å². The molecule has 2 aliphatic heterocycles. The zero-order valence-corrected chi connectivity index (χ0v) is 24.3. The number of piperidine rings is 1. The molecule has 0 aromatic heterocycles. The summed E-state index contributed by atoms with van der Waals surface area (Å²) in [6.07, 6.45) is 2.99. The van der Waals surface area contributed by atoms with Crippen LogP contribution in [-0.4, -0.2) is 72.5 Å². The smallest absolute Gasteiger partial charge is 0.311 e. The molecule has 0 bridgehead atoms. The molecule has 0 spiro atoms. The van der Waals surface area contributed by atoms with Crippen LogP contribution in [0.4, 0.5) is 11.4 Å². The van der Waals surface area contributed by atoms with E-state index >= 15 is 0 Å². The number of ether oxygens (including phenoxy) is 3. The van der Waals surface area contributed by atoms with Crippen LogP contribution >= 0.6 is 0 Å². The van der Waals surface area contributed by atoms with Crippen LogP contribution in [0.2, 0.25) is 0 Å². The molecule has 0 atom stereocenters. The zero-order chi connectivity index (χ0) is 30.0. The quantitative estimate of drug-likeness (QED) is 0.161. The summed E-state index contributed by atoms with van der Waals surface area (Å²) in [6, 6.07) is 22.9. The molecule has 2 aliphatic rings. The van der Waals surface area contributed by atoms with Crippen molar-refractivity contribution in [1.82, 2.24) is 9.80 Å². The number of carbonyl (C=O) groups is 1. The number of anilines is 1. The maximum atomic E-state index is 12.9. The maximum Gasteiger partial charge on any atom is 0.311 e. The van der Waals surface area contributed by atoms with Gasteiger partial charge in [0.1, 0.15) is 24.2 Å². The number of nitro groups is 1. The van der Waals surface area contributed by atoms with E-state index in [2.05, 4.69) is 40.6 Å². The average molecular weight is 587 g/mol. The molecule has 2 heterocycles. The average Bonchev–Trinajstić information content (AvgIpc) is 3.04. The number of amides is 1. The van der Waals surface area contributed by atoms with E-state index in [4.69, 9.17) is 14.2 Å². The van der Waals surface area contributed by atoms with Gasteiger partial charge in [0.25, 0.3) is 0 Å². The van der Waals surface area contributed by atoms with Gasteiger partial charge in [-0.3, -0.25) is 19.8 Å². The normalized spacial score (nSPS) is 16.0. The second-order valence-corrected chi connectivity index (χ2v) is 10.7. The summed E-state index contributed by atoms with van der Waals surface area (Å²) in [7, 11) is 0. The van der Waals surface area contributed by atoms with Crippen LogP contribution in [0.25, 0.3) is 0 Å². The third-order valence-corrected chi connectivity index (χ3v) is 7.90. The second-order valence-electron chi connectivity index (χ2n) is 10.7. The van der Waals surface area contributed by atoms with Crippen LogP contribution in [0, 0.1) is 10.1 Å². The Labute approximate surface area is 252 Å². The van der Waals surface area contributed by atoms with E-state index in [-0.39, 0.29) is 23.4 Å². The monoisotopic (exact) mass is 586 g/mol. The van der Waals surface area contributed by atoms with Crippen LogP contribution in [0.3, 0.4) is 0 Å². The fraction of sp³-hybridized carbons (Fsp3) is 0.364. The Kier molecular flexibility index (Phi) is 10.1. The Morgan fingerprint density at radius 2 is 1.63 bits per heavy atom. The largest absolute Gasteiger partial charge is 0.490 e. The molecule has 226 valence electrons. The minimum Gasteiger partial charge on any atom is -0.490 e. The number of hydrogen-bond donors (Lipinski definition) is 0. The van der Waals surface area contributed by atoms with Gasteiger partial charge in [-0.05, 0) is 35.9 Å². The predicted octanol–water partition coefficient (Wildman–Crippen LogP) is 5.28. The standard InChI is InChI=1S/C33H38N4O6/c1-2-41-32-24-30(12-13-31(32)37(39)40)43-29-14-18-36(19-15-29)33(38)16-17-34-20-22-35(23-21-34)27-8-10-28(11-9-27)42-25-26-6-4-3-5-7-26/h2-13,24,29H,1,14-23,25H2. The zero-order valence-electron chi connectivity index (χ0n) is 24.3.